The first kappa shape index (κ1) is 15.6. The Hall–Kier alpha value is -3.34. The number of fused-ring (bicyclic) bond motifs is 1. The number of ether oxygens (including phenoxy) is 1. The van der Waals surface area contributed by atoms with Gasteiger partial charge in [0.15, 0.2) is 5.82 Å². The summed E-state index contributed by atoms with van der Waals surface area (Å²) in [5.41, 5.74) is 13.0. The topological polar surface area (TPSA) is 86.5 Å². The van der Waals surface area contributed by atoms with Gasteiger partial charge >= 0.3 is 0 Å². The summed E-state index contributed by atoms with van der Waals surface area (Å²) < 4.78 is 5.32. The zero-order chi connectivity index (χ0) is 16.9. The number of nitrogens with zero attached hydrogens (tertiary/aromatic N) is 2. The maximum Gasteiger partial charge on any atom is 0.155 e. The highest BCUT2D eigenvalue weighted by Crippen LogP contribution is 2.31. The summed E-state index contributed by atoms with van der Waals surface area (Å²) >= 11 is 0. The lowest BCUT2D eigenvalue weighted by molar-refractivity contribution is 0.415. The largest absolute Gasteiger partial charge is 0.497 e. The van der Waals surface area contributed by atoms with Crippen LogP contribution in [0.5, 0.6) is 5.75 Å². The molecule has 0 aliphatic heterocycles. The molecule has 4 N–H and O–H groups in total. The Bertz CT molecular complexity index is 932. The molecule has 0 saturated carbocycles. The Morgan fingerprint density at radius 1 is 1.12 bits per heavy atom. The van der Waals surface area contributed by atoms with E-state index in [-0.39, 0.29) is 0 Å². The number of aliphatic imine (C=N–C) groups is 1. The summed E-state index contributed by atoms with van der Waals surface area (Å²) in [5, 5.41) is 2.08. The SMILES string of the molecule is COc1cccc(-c2nc(/N=C(N)\C=C/N)cc3ccccc23)c1. The van der Waals surface area contributed by atoms with Crippen molar-refractivity contribution in [2.75, 3.05) is 7.11 Å². The number of hydrogen-bond donors (Lipinski definition) is 2. The molecule has 5 nitrogen and oxygen atoms in total. The van der Waals surface area contributed by atoms with Crippen LogP contribution >= 0.6 is 0 Å². The van der Waals surface area contributed by atoms with E-state index in [0.29, 0.717) is 11.7 Å². The van der Waals surface area contributed by atoms with Crippen molar-refractivity contribution in [2.24, 2.45) is 16.5 Å². The molecule has 0 unspecified atom stereocenters. The standard InChI is InChI=1S/C19H18N4O/c1-24-15-7-4-6-14(11-15)19-16-8-3-2-5-13(16)12-18(23-19)22-17(21)9-10-20/h2-12H,20H2,1H3,(H2,21,22,23)/b10-9-. The van der Waals surface area contributed by atoms with Gasteiger partial charge in [0.2, 0.25) is 0 Å². The predicted octanol–water partition coefficient (Wildman–Crippen LogP) is 3.37. The Balaban J connectivity index is 2.23. The van der Waals surface area contributed by atoms with E-state index >= 15 is 0 Å². The highest BCUT2D eigenvalue weighted by molar-refractivity contribution is 5.98. The van der Waals surface area contributed by atoms with Crippen LogP contribution in [0.15, 0.2) is 71.9 Å². The molecule has 0 atom stereocenters. The summed E-state index contributed by atoms with van der Waals surface area (Å²) in [5.74, 6) is 1.61. The highest BCUT2D eigenvalue weighted by Gasteiger charge is 2.09. The third-order valence-corrected chi connectivity index (χ3v) is 3.58. The van der Waals surface area contributed by atoms with E-state index in [2.05, 4.69) is 9.98 Å². The van der Waals surface area contributed by atoms with Crippen molar-refractivity contribution < 1.29 is 4.74 Å². The molecule has 3 aromatic rings. The van der Waals surface area contributed by atoms with E-state index in [1.54, 1.807) is 7.11 Å². The van der Waals surface area contributed by atoms with Crippen molar-refractivity contribution >= 4 is 22.4 Å². The molecule has 1 heterocycles. The second-order valence-corrected chi connectivity index (χ2v) is 5.18. The Morgan fingerprint density at radius 3 is 2.75 bits per heavy atom. The van der Waals surface area contributed by atoms with E-state index < -0.39 is 0 Å². The molecule has 2 aromatic carbocycles. The number of hydrogen-bond acceptors (Lipinski definition) is 4. The monoisotopic (exact) mass is 318 g/mol. The molecule has 0 bridgehead atoms. The van der Waals surface area contributed by atoms with Crippen molar-refractivity contribution in [3.8, 4) is 17.0 Å². The van der Waals surface area contributed by atoms with Gasteiger partial charge in [-0.3, -0.25) is 0 Å². The van der Waals surface area contributed by atoms with Gasteiger partial charge in [-0.1, -0.05) is 36.4 Å². The van der Waals surface area contributed by atoms with Gasteiger partial charge < -0.3 is 16.2 Å². The molecule has 120 valence electrons. The van der Waals surface area contributed by atoms with E-state index in [1.165, 1.54) is 12.3 Å². The van der Waals surface area contributed by atoms with Crippen molar-refractivity contribution in [2.45, 2.75) is 0 Å². The second-order valence-electron chi connectivity index (χ2n) is 5.18. The lowest BCUT2D eigenvalue weighted by Crippen LogP contribution is -2.07. The van der Waals surface area contributed by atoms with Crippen molar-refractivity contribution in [3.63, 3.8) is 0 Å². The average molecular weight is 318 g/mol. The summed E-state index contributed by atoms with van der Waals surface area (Å²) in [4.78, 5) is 8.98. The van der Waals surface area contributed by atoms with Crippen LogP contribution in [-0.2, 0) is 0 Å². The lowest BCUT2D eigenvalue weighted by Gasteiger charge is -2.09. The van der Waals surface area contributed by atoms with Crippen molar-refractivity contribution in [1.29, 1.82) is 0 Å². The quantitative estimate of drug-likeness (QED) is 0.570. The van der Waals surface area contributed by atoms with Gasteiger partial charge in [-0.15, -0.1) is 0 Å². The minimum atomic E-state index is 0.303. The molecule has 0 aliphatic rings. The van der Waals surface area contributed by atoms with Gasteiger partial charge in [-0.05, 0) is 35.9 Å². The van der Waals surface area contributed by atoms with Crippen LogP contribution in [0.25, 0.3) is 22.0 Å². The maximum absolute atomic E-state index is 5.82. The molecule has 0 spiro atoms. The highest BCUT2D eigenvalue weighted by atomic mass is 16.5. The van der Waals surface area contributed by atoms with Crippen LogP contribution in [0.2, 0.25) is 0 Å². The Labute approximate surface area is 140 Å². The van der Waals surface area contributed by atoms with E-state index in [0.717, 1.165) is 27.8 Å². The second kappa shape index (κ2) is 6.83. The first-order valence-electron chi connectivity index (χ1n) is 7.48. The smallest absolute Gasteiger partial charge is 0.155 e. The van der Waals surface area contributed by atoms with Gasteiger partial charge in [0.25, 0.3) is 0 Å². The Morgan fingerprint density at radius 2 is 1.96 bits per heavy atom. The lowest BCUT2D eigenvalue weighted by atomic mass is 10.0. The van der Waals surface area contributed by atoms with Gasteiger partial charge in [-0.2, -0.15) is 0 Å². The molecular formula is C19H18N4O. The van der Waals surface area contributed by atoms with Crippen LogP contribution in [0.1, 0.15) is 0 Å². The molecule has 0 amide bonds. The maximum atomic E-state index is 5.82. The molecule has 5 heteroatoms. The summed E-state index contributed by atoms with van der Waals surface area (Å²) in [6.07, 6.45) is 2.88. The molecule has 0 fully saturated rings. The van der Waals surface area contributed by atoms with Crippen LogP contribution in [-0.4, -0.2) is 17.9 Å². The van der Waals surface area contributed by atoms with E-state index in [4.69, 9.17) is 16.2 Å². The number of aromatic nitrogens is 1. The first-order valence-corrected chi connectivity index (χ1v) is 7.48. The number of methoxy groups -OCH3 is 1. The molecule has 0 radical (unpaired) electrons. The van der Waals surface area contributed by atoms with Crippen LogP contribution in [0, 0.1) is 0 Å². The third kappa shape index (κ3) is 3.20. The van der Waals surface area contributed by atoms with E-state index in [1.807, 2.05) is 54.6 Å². The summed E-state index contributed by atoms with van der Waals surface area (Å²) in [6.45, 7) is 0. The number of nitrogens with two attached hydrogens (primary N) is 2. The molecule has 3 rings (SSSR count). The van der Waals surface area contributed by atoms with Gasteiger partial charge in [0.1, 0.15) is 11.6 Å². The van der Waals surface area contributed by atoms with Crippen molar-refractivity contribution in [3.05, 3.63) is 66.9 Å². The Kier molecular flexibility index (Phi) is 4.43. The fraction of sp³-hybridized carbons (Fsp3) is 0.0526. The zero-order valence-electron chi connectivity index (χ0n) is 13.3. The van der Waals surface area contributed by atoms with Crippen LogP contribution in [0.3, 0.4) is 0 Å². The van der Waals surface area contributed by atoms with E-state index in [9.17, 15) is 0 Å². The summed E-state index contributed by atoms with van der Waals surface area (Å²) in [7, 11) is 1.64. The fourth-order valence-corrected chi connectivity index (χ4v) is 2.50. The van der Waals surface area contributed by atoms with Gasteiger partial charge in [0, 0.05) is 10.9 Å². The third-order valence-electron chi connectivity index (χ3n) is 3.58. The molecule has 0 aliphatic carbocycles. The zero-order valence-corrected chi connectivity index (χ0v) is 13.3. The molecule has 24 heavy (non-hydrogen) atoms. The molecule has 1 aromatic heterocycles. The van der Waals surface area contributed by atoms with Crippen LogP contribution < -0.4 is 16.2 Å². The van der Waals surface area contributed by atoms with Crippen molar-refractivity contribution in [1.82, 2.24) is 4.98 Å². The van der Waals surface area contributed by atoms with Gasteiger partial charge in [0.05, 0.1) is 12.8 Å². The minimum absolute atomic E-state index is 0.303. The molecular weight excluding hydrogens is 300 g/mol. The summed E-state index contributed by atoms with van der Waals surface area (Å²) in [6, 6.07) is 17.7. The number of rotatable bonds is 4. The first-order chi connectivity index (χ1) is 11.7. The number of amidine groups is 1. The minimum Gasteiger partial charge on any atom is -0.497 e. The fourth-order valence-electron chi connectivity index (χ4n) is 2.50. The molecule has 0 saturated heterocycles. The average Bonchev–Trinajstić information content (AvgIpc) is 2.61. The van der Waals surface area contributed by atoms with Gasteiger partial charge in [-0.25, -0.2) is 9.98 Å². The number of pyridine rings is 1. The van der Waals surface area contributed by atoms with Crippen LogP contribution in [0.4, 0.5) is 5.82 Å². The predicted molar refractivity (Wildman–Crippen MR) is 98.3 cm³/mol. The normalized spacial score (nSPS) is 12.0. The number of benzene rings is 2.